The minimum absolute atomic E-state index is 0.245. The summed E-state index contributed by atoms with van der Waals surface area (Å²) in [5.74, 6) is 0. The second kappa shape index (κ2) is 5.76. The fourth-order valence-corrected chi connectivity index (χ4v) is 2.68. The fourth-order valence-electron chi connectivity index (χ4n) is 2.68. The van der Waals surface area contributed by atoms with Crippen LogP contribution in [0.1, 0.15) is 44.8 Å². The van der Waals surface area contributed by atoms with Gasteiger partial charge >= 0.3 is 0 Å². The van der Waals surface area contributed by atoms with Crippen molar-refractivity contribution in [1.29, 1.82) is 0 Å². The summed E-state index contributed by atoms with van der Waals surface area (Å²) >= 11 is 0. The van der Waals surface area contributed by atoms with Crippen LogP contribution in [-0.4, -0.2) is 34.5 Å². The number of nitrogens with two attached hydrogens (primary N) is 1. The molecular weight excluding hydrogens is 224 g/mol. The van der Waals surface area contributed by atoms with Crippen LogP contribution in [0.15, 0.2) is 18.6 Å². The number of likely N-dealkylation sites (tertiary alicyclic amines) is 1. The van der Waals surface area contributed by atoms with Gasteiger partial charge < -0.3 is 5.73 Å². The molecule has 0 amide bonds. The third-order valence-electron chi connectivity index (χ3n) is 4.47. The number of nitrogens with zero attached hydrogens (tertiary/aromatic N) is 3. The molecule has 1 aliphatic rings. The Bertz CT molecular complexity index is 357. The van der Waals surface area contributed by atoms with Gasteiger partial charge in [-0.25, -0.2) is 9.97 Å². The monoisotopic (exact) mass is 248 g/mol. The van der Waals surface area contributed by atoms with E-state index in [2.05, 4.69) is 28.7 Å². The Morgan fingerprint density at radius 1 is 1.44 bits per heavy atom. The van der Waals surface area contributed by atoms with Gasteiger partial charge in [0.25, 0.3) is 0 Å². The Hall–Kier alpha value is -1.00. The van der Waals surface area contributed by atoms with E-state index in [0.29, 0.717) is 12.0 Å². The third-order valence-corrected chi connectivity index (χ3v) is 4.47. The first-order valence-corrected chi connectivity index (χ1v) is 6.88. The van der Waals surface area contributed by atoms with Crippen LogP contribution in [0, 0.1) is 5.41 Å². The average Bonchev–Trinajstić information content (AvgIpc) is 2.43. The van der Waals surface area contributed by atoms with Crippen LogP contribution in [0.5, 0.6) is 0 Å². The van der Waals surface area contributed by atoms with Crippen molar-refractivity contribution in [1.82, 2.24) is 14.9 Å². The molecule has 0 aromatic carbocycles. The second-order valence-electron chi connectivity index (χ2n) is 5.59. The fraction of sp³-hybridized carbons (Fsp3) is 0.714. The smallest absolute Gasteiger partial charge is 0.115 e. The molecule has 4 heteroatoms. The van der Waals surface area contributed by atoms with Crippen LogP contribution >= 0.6 is 0 Å². The van der Waals surface area contributed by atoms with Crippen molar-refractivity contribution in [3.8, 4) is 0 Å². The Morgan fingerprint density at radius 2 is 2.17 bits per heavy atom. The number of piperidine rings is 1. The molecule has 2 N–H and O–H groups in total. The van der Waals surface area contributed by atoms with E-state index in [1.165, 1.54) is 19.3 Å². The molecule has 1 aromatic heterocycles. The lowest BCUT2D eigenvalue weighted by Gasteiger charge is -2.42. The van der Waals surface area contributed by atoms with Crippen molar-refractivity contribution in [2.75, 3.05) is 19.6 Å². The highest BCUT2D eigenvalue weighted by Crippen LogP contribution is 2.36. The third kappa shape index (κ3) is 2.87. The minimum Gasteiger partial charge on any atom is -0.329 e. The summed E-state index contributed by atoms with van der Waals surface area (Å²) in [6, 6.07) is 2.22. The van der Waals surface area contributed by atoms with Crippen molar-refractivity contribution in [3.05, 3.63) is 24.3 Å². The molecule has 0 radical (unpaired) electrons. The summed E-state index contributed by atoms with van der Waals surface area (Å²) in [5, 5.41) is 0. The van der Waals surface area contributed by atoms with Gasteiger partial charge in [0.2, 0.25) is 0 Å². The number of rotatable bonds is 4. The average molecular weight is 248 g/mol. The van der Waals surface area contributed by atoms with Gasteiger partial charge in [-0.15, -0.1) is 0 Å². The van der Waals surface area contributed by atoms with Gasteiger partial charge in [0.05, 0.1) is 11.7 Å². The van der Waals surface area contributed by atoms with Crippen LogP contribution in [0.3, 0.4) is 0 Å². The maximum Gasteiger partial charge on any atom is 0.115 e. The molecule has 1 unspecified atom stereocenters. The molecule has 0 saturated carbocycles. The van der Waals surface area contributed by atoms with Gasteiger partial charge in [-0.05, 0) is 37.4 Å². The van der Waals surface area contributed by atoms with Crippen molar-refractivity contribution < 1.29 is 0 Å². The molecule has 18 heavy (non-hydrogen) atoms. The Balaban J connectivity index is 2.03. The molecule has 0 spiro atoms. The highest BCUT2D eigenvalue weighted by molar-refractivity contribution is 5.06. The summed E-state index contributed by atoms with van der Waals surface area (Å²) in [4.78, 5) is 10.8. The maximum absolute atomic E-state index is 5.93. The van der Waals surface area contributed by atoms with E-state index in [1.54, 1.807) is 12.5 Å². The van der Waals surface area contributed by atoms with Crippen molar-refractivity contribution in [2.24, 2.45) is 11.1 Å². The van der Waals surface area contributed by atoms with Gasteiger partial charge in [-0.3, -0.25) is 4.90 Å². The largest absolute Gasteiger partial charge is 0.329 e. The van der Waals surface area contributed by atoms with Crippen molar-refractivity contribution in [3.63, 3.8) is 0 Å². The van der Waals surface area contributed by atoms with Crippen molar-refractivity contribution in [2.45, 2.75) is 39.2 Å². The molecule has 1 aromatic rings. The zero-order chi connectivity index (χ0) is 13.0. The predicted molar refractivity (Wildman–Crippen MR) is 73.0 cm³/mol. The lowest BCUT2D eigenvalue weighted by molar-refractivity contribution is 0.0814. The molecule has 1 fully saturated rings. The van der Waals surface area contributed by atoms with Crippen LogP contribution in [-0.2, 0) is 0 Å². The van der Waals surface area contributed by atoms with Gasteiger partial charge in [-0.1, -0.05) is 20.3 Å². The summed E-state index contributed by atoms with van der Waals surface area (Å²) in [6.45, 7) is 7.55. The molecule has 4 nitrogen and oxygen atoms in total. The molecule has 0 bridgehead atoms. The van der Waals surface area contributed by atoms with Crippen molar-refractivity contribution >= 4 is 0 Å². The highest BCUT2D eigenvalue weighted by Gasteiger charge is 2.31. The van der Waals surface area contributed by atoms with Crippen LogP contribution in [0.25, 0.3) is 0 Å². The van der Waals surface area contributed by atoms with E-state index < -0.39 is 0 Å². The molecule has 0 aliphatic carbocycles. The van der Waals surface area contributed by atoms with E-state index >= 15 is 0 Å². The molecule has 100 valence electrons. The second-order valence-corrected chi connectivity index (χ2v) is 5.59. The first kappa shape index (κ1) is 13.4. The lowest BCUT2D eigenvalue weighted by Crippen LogP contribution is -2.43. The summed E-state index contributed by atoms with van der Waals surface area (Å²) < 4.78 is 0. The predicted octanol–water partition coefficient (Wildman–Crippen LogP) is 1.99. The van der Waals surface area contributed by atoms with Gasteiger partial charge in [0.15, 0.2) is 0 Å². The molecule has 1 atom stereocenters. The molecule has 1 aliphatic heterocycles. The standard InChI is InChI=1S/C14H24N4/c1-3-14(2)5-8-18(9-6-14)13(10-15)12-4-7-16-11-17-12/h4,7,11,13H,3,5-6,8-10,15H2,1-2H3. The molecule has 1 saturated heterocycles. The van der Waals surface area contributed by atoms with E-state index in [9.17, 15) is 0 Å². The van der Waals surface area contributed by atoms with E-state index in [-0.39, 0.29) is 6.04 Å². The number of hydrogen-bond acceptors (Lipinski definition) is 4. The number of aromatic nitrogens is 2. The summed E-state index contributed by atoms with van der Waals surface area (Å²) in [6.07, 6.45) is 7.18. The quantitative estimate of drug-likeness (QED) is 0.885. The zero-order valence-electron chi connectivity index (χ0n) is 11.5. The highest BCUT2D eigenvalue weighted by atomic mass is 15.2. The topological polar surface area (TPSA) is 55.0 Å². The normalized spacial score (nSPS) is 21.7. The molecular formula is C14H24N4. The van der Waals surface area contributed by atoms with E-state index in [1.807, 2.05) is 6.07 Å². The van der Waals surface area contributed by atoms with E-state index in [4.69, 9.17) is 5.73 Å². The van der Waals surface area contributed by atoms with E-state index in [0.717, 1.165) is 18.8 Å². The SMILES string of the molecule is CCC1(C)CCN(C(CN)c2ccncn2)CC1. The summed E-state index contributed by atoms with van der Waals surface area (Å²) in [7, 11) is 0. The van der Waals surface area contributed by atoms with Crippen LogP contribution in [0.4, 0.5) is 0 Å². The first-order chi connectivity index (χ1) is 8.68. The Morgan fingerprint density at radius 3 is 2.67 bits per heavy atom. The molecule has 2 rings (SSSR count). The van der Waals surface area contributed by atoms with Crippen LogP contribution in [0.2, 0.25) is 0 Å². The van der Waals surface area contributed by atoms with Gasteiger partial charge in [0.1, 0.15) is 6.33 Å². The Labute approximate surface area is 110 Å². The molecule has 2 heterocycles. The summed E-state index contributed by atoms with van der Waals surface area (Å²) in [5.41, 5.74) is 7.50. The van der Waals surface area contributed by atoms with Crippen LogP contribution < -0.4 is 5.73 Å². The maximum atomic E-state index is 5.93. The minimum atomic E-state index is 0.245. The first-order valence-electron chi connectivity index (χ1n) is 6.88. The zero-order valence-corrected chi connectivity index (χ0v) is 11.5. The Kier molecular flexibility index (Phi) is 4.30. The van der Waals surface area contributed by atoms with Gasteiger partial charge in [0, 0.05) is 12.7 Å². The van der Waals surface area contributed by atoms with Gasteiger partial charge in [-0.2, -0.15) is 0 Å². The number of hydrogen-bond donors (Lipinski definition) is 1. The lowest BCUT2D eigenvalue weighted by atomic mass is 9.78.